The SMILES string of the molecule is CN1C(=O)C[C@H](C(=O)N[C@H](Cc2c[nH]cn2)C(=O)N2CCC[C@@H]2C(N)=O)NC1=O. The van der Waals surface area contributed by atoms with Crippen molar-refractivity contribution in [3.8, 4) is 0 Å². The minimum Gasteiger partial charge on any atom is -0.368 e. The maximum Gasteiger partial charge on any atom is 0.324 e. The Morgan fingerprint density at radius 1 is 1.38 bits per heavy atom. The normalized spacial score (nSPS) is 22.9. The highest BCUT2D eigenvalue weighted by molar-refractivity contribution is 6.03. The van der Waals surface area contributed by atoms with Crippen molar-refractivity contribution in [2.75, 3.05) is 13.6 Å². The van der Waals surface area contributed by atoms with Crippen LogP contribution in [0.25, 0.3) is 0 Å². The second-order valence-corrected chi connectivity index (χ2v) is 7.08. The molecule has 2 saturated heterocycles. The summed E-state index contributed by atoms with van der Waals surface area (Å²) in [4.78, 5) is 70.2. The molecule has 0 aromatic carbocycles. The molecule has 2 aliphatic heterocycles. The number of hydrogen-bond acceptors (Lipinski definition) is 6. The fourth-order valence-corrected chi connectivity index (χ4v) is 3.49. The van der Waals surface area contributed by atoms with Crippen molar-refractivity contribution in [1.82, 2.24) is 30.4 Å². The third kappa shape index (κ3) is 4.36. The van der Waals surface area contributed by atoms with Gasteiger partial charge in [0, 0.05) is 26.2 Å². The van der Waals surface area contributed by atoms with Crippen molar-refractivity contribution in [3.05, 3.63) is 18.2 Å². The van der Waals surface area contributed by atoms with Crippen LogP contribution in [-0.4, -0.2) is 81.1 Å². The van der Waals surface area contributed by atoms with Gasteiger partial charge in [-0.1, -0.05) is 0 Å². The first-order valence-electron chi connectivity index (χ1n) is 9.22. The van der Waals surface area contributed by atoms with Crippen LogP contribution in [0.1, 0.15) is 25.0 Å². The van der Waals surface area contributed by atoms with E-state index in [1.165, 1.54) is 18.3 Å². The third-order valence-corrected chi connectivity index (χ3v) is 5.12. The first-order valence-corrected chi connectivity index (χ1v) is 9.22. The monoisotopic (exact) mass is 405 g/mol. The van der Waals surface area contributed by atoms with Crippen LogP contribution in [0.4, 0.5) is 4.79 Å². The van der Waals surface area contributed by atoms with Gasteiger partial charge in [-0.3, -0.25) is 24.1 Å². The highest BCUT2D eigenvalue weighted by atomic mass is 16.2. The average Bonchev–Trinajstić information content (AvgIpc) is 3.36. The van der Waals surface area contributed by atoms with E-state index < -0.39 is 47.8 Å². The molecule has 0 aliphatic carbocycles. The van der Waals surface area contributed by atoms with Gasteiger partial charge >= 0.3 is 6.03 Å². The zero-order chi connectivity index (χ0) is 21.1. The van der Waals surface area contributed by atoms with Gasteiger partial charge in [0.2, 0.25) is 23.6 Å². The first-order chi connectivity index (χ1) is 13.8. The average molecular weight is 405 g/mol. The van der Waals surface area contributed by atoms with E-state index in [0.717, 1.165) is 4.90 Å². The van der Waals surface area contributed by atoms with Gasteiger partial charge in [-0.05, 0) is 12.8 Å². The standard InChI is InChI=1S/C17H23N7O5/c1-23-13(25)6-10(22-17(23)29)15(27)21-11(5-9-7-19-8-20-9)16(28)24-4-2-3-12(24)14(18)26/h7-8,10-12H,2-6H2,1H3,(H2,18,26)(H,19,20)(H,21,27)(H,22,29)/t10-,11-,12-/m1/s1. The molecule has 156 valence electrons. The van der Waals surface area contributed by atoms with Gasteiger partial charge in [0.05, 0.1) is 18.4 Å². The molecule has 29 heavy (non-hydrogen) atoms. The molecule has 12 heteroatoms. The number of imide groups is 1. The Morgan fingerprint density at radius 3 is 2.76 bits per heavy atom. The van der Waals surface area contributed by atoms with Gasteiger partial charge in [0.1, 0.15) is 18.1 Å². The van der Waals surface area contributed by atoms with Crippen LogP contribution < -0.4 is 16.4 Å². The second kappa shape index (κ2) is 8.29. The lowest BCUT2D eigenvalue weighted by molar-refractivity contribution is -0.141. The van der Waals surface area contributed by atoms with Crippen LogP contribution in [0, 0.1) is 0 Å². The van der Waals surface area contributed by atoms with Crippen LogP contribution in [0.2, 0.25) is 0 Å². The molecule has 6 amide bonds. The number of amides is 6. The van der Waals surface area contributed by atoms with Crippen molar-refractivity contribution in [2.24, 2.45) is 5.73 Å². The molecule has 1 aromatic rings. The number of carbonyl (C=O) groups excluding carboxylic acids is 5. The number of urea groups is 1. The Labute approximate surface area is 166 Å². The molecule has 3 rings (SSSR count). The summed E-state index contributed by atoms with van der Waals surface area (Å²) >= 11 is 0. The highest BCUT2D eigenvalue weighted by Gasteiger charge is 2.39. The smallest absolute Gasteiger partial charge is 0.324 e. The van der Waals surface area contributed by atoms with E-state index in [4.69, 9.17) is 5.73 Å². The Hall–Kier alpha value is -3.44. The number of likely N-dealkylation sites (tertiary alicyclic amines) is 1. The molecule has 3 atom stereocenters. The number of nitrogens with zero attached hydrogens (tertiary/aromatic N) is 3. The van der Waals surface area contributed by atoms with Crippen molar-refractivity contribution in [3.63, 3.8) is 0 Å². The molecule has 2 aliphatic rings. The van der Waals surface area contributed by atoms with Crippen LogP contribution >= 0.6 is 0 Å². The van der Waals surface area contributed by atoms with Crippen molar-refractivity contribution >= 4 is 29.7 Å². The molecule has 5 N–H and O–H groups in total. The first kappa shape index (κ1) is 20.3. The van der Waals surface area contributed by atoms with E-state index >= 15 is 0 Å². The lowest BCUT2D eigenvalue weighted by Gasteiger charge is -2.31. The molecule has 0 unspecified atom stereocenters. The van der Waals surface area contributed by atoms with Crippen molar-refractivity contribution in [2.45, 2.75) is 43.8 Å². The van der Waals surface area contributed by atoms with E-state index in [-0.39, 0.29) is 12.8 Å². The molecule has 2 fully saturated rings. The van der Waals surface area contributed by atoms with Gasteiger partial charge in [0.15, 0.2) is 0 Å². The number of carbonyl (C=O) groups is 5. The maximum atomic E-state index is 13.1. The summed E-state index contributed by atoms with van der Waals surface area (Å²) in [5, 5.41) is 5.02. The number of imidazole rings is 1. The van der Waals surface area contributed by atoms with E-state index in [1.807, 2.05) is 0 Å². The van der Waals surface area contributed by atoms with E-state index in [1.54, 1.807) is 6.20 Å². The van der Waals surface area contributed by atoms with Crippen LogP contribution in [0.5, 0.6) is 0 Å². The minimum absolute atomic E-state index is 0.0740. The lowest BCUT2D eigenvalue weighted by atomic mass is 10.1. The van der Waals surface area contributed by atoms with Gasteiger partial charge in [-0.2, -0.15) is 0 Å². The summed E-state index contributed by atoms with van der Waals surface area (Å²) in [5.41, 5.74) is 5.93. The number of nitrogens with two attached hydrogens (primary N) is 1. The molecule has 0 saturated carbocycles. The molecular formula is C17H23N7O5. The molecule has 3 heterocycles. The number of H-pyrrole nitrogens is 1. The van der Waals surface area contributed by atoms with Crippen LogP contribution in [0.3, 0.4) is 0 Å². The summed E-state index contributed by atoms with van der Waals surface area (Å²) in [6, 6.07) is -3.54. The van der Waals surface area contributed by atoms with Gasteiger partial charge in [-0.15, -0.1) is 0 Å². The van der Waals surface area contributed by atoms with Gasteiger partial charge < -0.3 is 26.3 Å². The fraction of sp³-hybridized carbons (Fsp3) is 0.529. The van der Waals surface area contributed by atoms with Crippen molar-refractivity contribution < 1.29 is 24.0 Å². The number of primary amides is 1. The summed E-state index contributed by atoms with van der Waals surface area (Å²) in [6.45, 7) is 0.350. The van der Waals surface area contributed by atoms with Gasteiger partial charge in [0.25, 0.3) is 0 Å². The van der Waals surface area contributed by atoms with Crippen LogP contribution in [-0.2, 0) is 25.6 Å². The second-order valence-electron chi connectivity index (χ2n) is 7.08. The summed E-state index contributed by atoms with van der Waals surface area (Å²) in [7, 11) is 1.31. The predicted octanol–water partition coefficient (Wildman–Crippen LogP) is -2.15. The Morgan fingerprint density at radius 2 is 2.14 bits per heavy atom. The lowest BCUT2D eigenvalue weighted by Crippen LogP contribution is -2.61. The predicted molar refractivity (Wildman–Crippen MR) is 97.9 cm³/mol. The fourth-order valence-electron chi connectivity index (χ4n) is 3.49. The number of aromatic amines is 1. The molecule has 0 bridgehead atoms. The summed E-state index contributed by atoms with van der Waals surface area (Å²) < 4.78 is 0. The molecule has 0 spiro atoms. The zero-order valence-corrected chi connectivity index (χ0v) is 15.9. The Bertz CT molecular complexity index is 806. The zero-order valence-electron chi connectivity index (χ0n) is 15.9. The van der Waals surface area contributed by atoms with Crippen LogP contribution in [0.15, 0.2) is 12.5 Å². The van der Waals surface area contributed by atoms with E-state index in [2.05, 4.69) is 20.6 Å². The number of nitrogens with one attached hydrogen (secondary N) is 3. The van der Waals surface area contributed by atoms with Crippen molar-refractivity contribution in [1.29, 1.82) is 0 Å². The Balaban J connectivity index is 1.76. The largest absolute Gasteiger partial charge is 0.368 e. The Kier molecular flexibility index (Phi) is 5.80. The number of aromatic nitrogens is 2. The third-order valence-electron chi connectivity index (χ3n) is 5.12. The number of rotatable bonds is 6. The summed E-state index contributed by atoms with van der Waals surface area (Å²) in [5.74, 6) is -2.23. The van der Waals surface area contributed by atoms with E-state index in [9.17, 15) is 24.0 Å². The van der Waals surface area contributed by atoms with Gasteiger partial charge in [-0.25, -0.2) is 9.78 Å². The quantitative estimate of drug-likeness (QED) is 0.420. The molecular weight excluding hydrogens is 382 g/mol. The maximum absolute atomic E-state index is 13.1. The topological polar surface area (TPSA) is 171 Å². The van der Waals surface area contributed by atoms with E-state index in [0.29, 0.717) is 25.1 Å². The molecule has 1 aromatic heterocycles. The molecule has 0 radical (unpaired) electrons. The molecule has 12 nitrogen and oxygen atoms in total. The number of hydrogen-bond donors (Lipinski definition) is 4. The highest BCUT2D eigenvalue weighted by Crippen LogP contribution is 2.19. The summed E-state index contributed by atoms with van der Waals surface area (Å²) in [6.07, 6.45) is 3.97. The minimum atomic E-state index is -1.09.